The average Bonchev–Trinajstić information content (AvgIpc) is 2.46. The van der Waals surface area contributed by atoms with Crippen molar-refractivity contribution >= 4 is 5.91 Å². The molecule has 1 aromatic carbocycles. The van der Waals surface area contributed by atoms with Crippen LogP contribution >= 0.6 is 0 Å². The molecule has 2 N–H and O–H groups in total. The van der Waals surface area contributed by atoms with Gasteiger partial charge in [-0.25, -0.2) is 0 Å². The van der Waals surface area contributed by atoms with Crippen molar-refractivity contribution in [3.8, 4) is 0 Å². The molecule has 0 radical (unpaired) electrons. The zero-order chi connectivity index (χ0) is 15.4. The molecule has 1 saturated heterocycles. The van der Waals surface area contributed by atoms with E-state index >= 15 is 0 Å². The summed E-state index contributed by atoms with van der Waals surface area (Å²) in [5.74, 6) is 0.261. The number of hydrogen-bond donors (Lipinski definition) is 1. The average molecular weight is 288 g/mol. The Morgan fingerprint density at radius 3 is 2.81 bits per heavy atom. The third kappa shape index (κ3) is 4.07. The molecule has 1 heterocycles. The minimum atomic E-state index is 0.0651. The largest absolute Gasteiger partial charge is 0.338 e. The molecule has 2 atom stereocenters. The highest BCUT2D eigenvalue weighted by Gasteiger charge is 2.28. The number of likely N-dealkylation sites (tertiary alicyclic amines) is 1. The summed E-state index contributed by atoms with van der Waals surface area (Å²) in [7, 11) is 0. The maximum Gasteiger partial charge on any atom is 0.223 e. The third-order valence-electron chi connectivity index (χ3n) is 4.58. The van der Waals surface area contributed by atoms with E-state index in [2.05, 4.69) is 32.0 Å². The third-order valence-corrected chi connectivity index (χ3v) is 4.58. The van der Waals surface area contributed by atoms with Crippen LogP contribution in [0.15, 0.2) is 18.2 Å². The number of nitrogens with two attached hydrogens (primary N) is 1. The lowest BCUT2D eigenvalue weighted by Gasteiger charge is -2.38. The first-order valence-electron chi connectivity index (χ1n) is 8.10. The van der Waals surface area contributed by atoms with Crippen molar-refractivity contribution < 1.29 is 4.79 Å². The van der Waals surface area contributed by atoms with E-state index < -0.39 is 0 Å². The zero-order valence-electron chi connectivity index (χ0n) is 13.6. The minimum Gasteiger partial charge on any atom is -0.338 e. The number of hydrogen-bond acceptors (Lipinski definition) is 2. The van der Waals surface area contributed by atoms with Crippen LogP contribution in [0.2, 0.25) is 0 Å². The van der Waals surface area contributed by atoms with Gasteiger partial charge >= 0.3 is 0 Å². The Balaban J connectivity index is 1.97. The van der Waals surface area contributed by atoms with Crippen molar-refractivity contribution in [3.05, 3.63) is 34.9 Å². The molecule has 2 rings (SSSR count). The number of rotatable bonds is 4. The van der Waals surface area contributed by atoms with Gasteiger partial charge in [0, 0.05) is 25.0 Å². The summed E-state index contributed by atoms with van der Waals surface area (Å²) in [5, 5.41) is 0. The fourth-order valence-corrected chi connectivity index (χ4v) is 3.33. The lowest BCUT2D eigenvalue weighted by atomic mass is 9.95. The lowest BCUT2D eigenvalue weighted by Crippen LogP contribution is -2.51. The molecule has 0 saturated carbocycles. The fraction of sp³-hybridized carbons (Fsp3) is 0.611. The van der Waals surface area contributed by atoms with Crippen LogP contribution in [-0.2, 0) is 11.2 Å². The Kier molecular flexibility index (Phi) is 5.40. The molecular weight excluding hydrogens is 260 g/mol. The van der Waals surface area contributed by atoms with Crippen LogP contribution in [-0.4, -0.2) is 29.4 Å². The fourth-order valence-electron chi connectivity index (χ4n) is 3.33. The van der Waals surface area contributed by atoms with E-state index in [0.29, 0.717) is 6.42 Å². The first-order valence-corrected chi connectivity index (χ1v) is 8.10. The van der Waals surface area contributed by atoms with E-state index in [9.17, 15) is 4.79 Å². The number of benzene rings is 1. The highest BCUT2D eigenvalue weighted by atomic mass is 16.2. The van der Waals surface area contributed by atoms with E-state index in [1.165, 1.54) is 23.1 Å². The number of amides is 1. The van der Waals surface area contributed by atoms with Crippen LogP contribution in [0.3, 0.4) is 0 Å². The highest BCUT2D eigenvalue weighted by Crippen LogP contribution is 2.21. The monoisotopic (exact) mass is 288 g/mol. The molecule has 3 nitrogen and oxygen atoms in total. The summed E-state index contributed by atoms with van der Waals surface area (Å²) >= 11 is 0. The van der Waals surface area contributed by atoms with Gasteiger partial charge in [0.05, 0.1) is 0 Å². The van der Waals surface area contributed by atoms with E-state index in [0.717, 1.165) is 25.8 Å². The quantitative estimate of drug-likeness (QED) is 0.926. The van der Waals surface area contributed by atoms with Gasteiger partial charge in [0.25, 0.3) is 0 Å². The predicted octanol–water partition coefficient (Wildman–Crippen LogP) is 2.96. The molecule has 1 aromatic rings. The topological polar surface area (TPSA) is 46.3 Å². The summed E-state index contributed by atoms with van der Waals surface area (Å²) in [4.78, 5) is 14.6. The van der Waals surface area contributed by atoms with Crippen molar-refractivity contribution in [1.82, 2.24) is 4.90 Å². The number of carbonyl (C=O) groups is 1. The highest BCUT2D eigenvalue weighted by molar-refractivity contribution is 5.77. The maximum atomic E-state index is 12.5. The van der Waals surface area contributed by atoms with E-state index in [1.54, 1.807) is 0 Å². The summed E-state index contributed by atoms with van der Waals surface area (Å²) in [5.41, 5.74) is 9.89. The van der Waals surface area contributed by atoms with Crippen LogP contribution in [0.1, 0.15) is 49.3 Å². The van der Waals surface area contributed by atoms with Gasteiger partial charge in [-0.05, 0) is 57.6 Å². The Hall–Kier alpha value is -1.35. The van der Waals surface area contributed by atoms with Gasteiger partial charge < -0.3 is 10.6 Å². The Bertz CT molecular complexity index is 496. The van der Waals surface area contributed by atoms with E-state index in [-0.39, 0.29) is 18.0 Å². The van der Waals surface area contributed by atoms with Gasteiger partial charge in [0.2, 0.25) is 5.91 Å². The van der Waals surface area contributed by atoms with Crippen molar-refractivity contribution in [2.24, 2.45) is 5.73 Å². The Morgan fingerprint density at radius 1 is 1.38 bits per heavy atom. The van der Waals surface area contributed by atoms with Gasteiger partial charge in [0.1, 0.15) is 0 Å². The second-order valence-electron chi connectivity index (χ2n) is 6.44. The number of piperidine rings is 1. The van der Waals surface area contributed by atoms with Crippen LogP contribution in [0.4, 0.5) is 0 Å². The van der Waals surface area contributed by atoms with E-state index in [4.69, 9.17) is 5.73 Å². The van der Waals surface area contributed by atoms with Crippen molar-refractivity contribution in [3.63, 3.8) is 0 Å². The smallest absolute Gasteiger partial charge is 0.223 e. The van der Waals surface area contributed by atoms with Gasteiger partial charge in [-0.15, -0.1) is 0 Å². The minimum absolute atomic E-state index is 0.0651. The molecule has 0 aliphatic carbocycles. The number of aryl methyl sites for hydroxylation is 3. The molecule has 21 heavy (non-hydrogen) atoms. The van der Waals surface area contributed by atoms with Crippen LogP contribution in [0.25, 0.3) is 0 Å². The molecule has 0 bridgehead atoms. The van der Waals surface area contributed by atoms with Gasteiger partial charge in [-0.1, -0.05) is 23.8 Å². The van der Waals surface area contributed by atoms with Gasteiger partial charge in [-0.2, -0.15) is 0 Å². The van der Waals surface area contributed by atoms with Gasteiger partial charge in [-0.3, -0.25) is 4.79 Å². The maximum absolute atomic E-state index is 12.5. The molecule has 1 fully saturated rings. The molecule has 116 valence electrons. The number of carbonyl (C=O) groups excluding carboxylic acids is 1. The van der Waals surface area contributed by atoms with Crippen molar-refractivity contribution in [2.75, 3.05) is 6.54 Å². The van der Waals surface area contributed by atoms with Crippen molar-refractivity contribution in [2.45, 2.75) is 65.0 Å². The number of nitrogens with zero attached hydrogens (tertiary/aromatic N) is 1. The zero-order valence-corrected chi connectivity index (χ0v) is 13.6. The second-order valence-corrected chi connectivity index (χ2v) is 6.44. The molecular formula is C18H28N2O. The predicted molar refractivity (Wildman–Crippen MR) is 87.2 cm³/mol. The first kappa shape index (κ1) is 16.0. The van der Waals surface area contributed by atoms with E-state index in [1.807, 2.05) is 11.8 Å². The molecule has 0 spiro atoms. The SMILES string of the molecule is Cc1ccc(CCC(=O)N2CCCCC2C(C)N)c(C)c1. The standard InChI is InChI=1S/C18H28N2O/c1-13-7-8-16(14(2)12-13)9-10-18(21)20-11-5-4-6-17(20)15(3)19/h7-8,12,15,17H,4-6,9-11,19H2,1-3H3. The van der Waals surface area contributed by atoms with Crippen molar-refractivity contribution in [1.29, 1.82) is 0 Å². The molecule has 3 heteroatoms. The van der Waals surface area contributed by atoms with Crippen LogP contribution < -0.4 is 5.73 Å². The summed E-state index contributed by atoms with van der Waals surface area (Å²) < 4.78 is 0. The molecule has 2 unspecified atom stereocenters. The Morgan fingerprint density at radius 2 is 2.14 bits per heavy atom. The van der Waals surface area contributed by atoms with Crippen LogP contribution in [0.5, 0.6) is 0 Å². The molecule has 1 aliphatic rings. The lowest BCUT2D eigenvalue weighted by molar-refractivity contribution is -0.135. The van der Waals surface area contributed by atoms with Crippen LogP contribution in [0, 0.1) is 13.8 Å². The molecule has 1 aliphatic heterocycles. The molecule has 1 amide bonds. The summed E-state index contributed by atoms with van der Waals surface area (Å²) in [6.45, 7) is 7.11. The first-order chi connectivity index (χ1) is 9.99. The second kappa shape index (κ2) is 7.08. The Labute approximate surface area is 128 Å². The molecule has 0 aromatic heterocycles. The van der Waals surface area contributed by atoms with Gasteiger partial charge in [0.15, 0.2) is 0 Å². The summed E-state index contributed by atoms with van der Waals surface area (Å²) in [6.07, 6.45) is 4.76. The normalized spacial score (nSPS) is 20.4. The summed E-state index contributed by atoms with van der Waals surface area (Å²) in [6, 6.07) is 6.75.